The third-order valence-corrected chi connectivity index (χ3v) is 7.55. The molecule has 0 N–H and O–H groups in total. The zero-order chi connectivity index (χ0) is 16.4. The van der Waals surface area contributed by atoms with Crippen LogP contribution in [0.1, 0.15) is 65.7 Å². The van der Waals surface area contributed by atoms with Gasteiger partial charge in [0.1, 0.15) is 5.60 Å². The van der Waals surface area contributed by atoms with E-state index in [4.69, 9.17) is 4.74 Å². The first-order valence-corrected chi connectivity index (χ1v) is 9.42. The fourth-order valence-electron chi connectivity index (χ4n) is 6.42. The van der Waals surface area contributed by atoms with E-state index < -0.39 is 0 Å². The quantitative estimate of drug-likeness (QED) is 0.414. The van der Waals surface area contributed by atoms with Crippen LogP contribution < -0.4 is 0 Å². The molecular weight excluding hydrogens is 284 g/mol. The van der Waals surface area contributed by atoms with Gasteiger partial charge in [0.25, 0.3) is 0 Å². The number of hydrogen-bond donors (Lipinski definition) is 0. The predicted octanol–water partition coefficient (Wildman–Crippen LogP) is 5.05. The summed E-state index contributed by atoms with van der Waals surface area (Å²) in [6.45, 7) is 10.7. The summed E-state index contributed by atoms with van der Waals surface area (Å²) in [4.78, 5) is 12.2. The van der Waals surface area contributed by atoms with Crippen molar-refractivity contribution in [1.29, 1.82) is 0 Å². The van der Waals surface area contributed by atoms with Crippen LogP contribution in [0.15, 0.2) is 23.8 Å². The molecule has 0 aromatic rings. The van der Waals surface area contributed by atoms with Gasteiger partial charge in [0.15, 0.2) is 0 Å². The molecule has 3 fully saturated rings. The lowest BCUT2D eigenvalue weighted by Gasteiger charge is -2.66. The Hall–Kier alpha value is -1.05. The summed E-state index contributed by atoms with van der Waals surface area (Å²) in [5, 5.41) is 0. The first-order valence-electron chi connectivity index (χ1n) is 9.42. The third-order valence-electron chi connectivity index (χ3n) is 7.55. The van der Waals surface area contributed by atoms with Crippen molar-refractivity contribution in [2.24, 2.45) is 29.1 Å². The van der Waals surface area contributed by atoms with Gasteiger partial charge in [-0.15, -0.1) is 0 Å². The van der Waals surface area contributed by atoms with Crippen LogP contribution >= 0.6 is 0 Å². The first-order chi connectivity index (χ1) is 10.9. The maximum absolute atomic E-state index is 12.2. The molecular formula is C21H30O2. The van der Waals surface area contributed by atoms with Gasteiger partial charge in [-0.3, -0.25) is 0 Å². The second kappa shape index (κ2) is 4.97. The zero-order valence-corrected chi connectivity index (χ0v) is 14.9. The molecule has 0 radical (unpaired) electrons. The van der Waals surface area contributed by atoms with Gasteiger partial charge in [0.05, 0.1) is 0 Å². The minimum atomic E-state index is -0.217. The predicted molar refractivity (Wildman–Crippen MR) is 91.8 cm³/mol. The zero-order valence-electron chi connectivity index (χ0n) is 14.9. The SMILES string of the molecule is C=CC(=O)OC1(C2CCC(C)(C)CC2)C2CC(C)=C3C(C2)CC31. The van der Waals surface area contributed by atoms with Gasteiger partial charge < -0.3 is 4.74 Å². The van der Waals surface area contributed by atoms with E-state index in [1.165, 1.54) is 44.6 Å². The summed E-state index contributed by atoms with van der Waals surface area (Å²) in [5.74, 6) is 2.19. The van der Waals surface area contributed by atoms with Crippen LogP contribution in [-0.2, 0) is 9.53 Å². The fraction of sp³-hybridized carbons (Fsp3) is 0.762. The van der Waals surface area contributed by atoms with Crippen molar-refractivity contribution in [1.82, 2.24) is 0 Å². The number of hydrogen-bond acceptors (Lipinski definition) is 2. The molecule has 0 aromatic carbocycles. The highest BCUT2D eigenvalue weighted by atomic mass is 16.6. The van der Waals surface area contributed by atoms with Crippen molar-refractivity contribution in [2.75, 3.05) is 0 Å². The number of esters is 1. The van der Waals surface area contributed by atoms with Gasteiger partial charge in [0, 0.05) is 17.9 Å². The van der Waals surface area contributed by atoms with Crippen LogP contribution in [-0.4, -0.2) is 11.6 Å². The Bertz CT molecular complexity index is 575. The molecule has 5 rings (SSSR count). The Morgan fingerprint density at radius 3 is 2.48 bits per heavy atom. The van der Waals surface area contributed by atoms with E-state index in [-0.39, 0.29) is 11.6 Å². The van der Waals surface area contributed by atoms with Crippen LogP contribution in [0.5, 0.6) is 0 Å². The number of carbonyl (C=O) groups excluding carboxylic acids is 1. The highest BCUT2D eigenvalue weighted by molar-refractivity contribution is 5.81. The molecule has 23 heavy (non-hydrogen) atoms. The number of fused-ring (bicyclic) bond motifs is 1. The molecule has 0 heterocycles. The van der Waals surface area contributed by atoms with Crippen LogP contribution in [0.25, 0.3) is 0 Å². The average molecular weight is 314 g/mol. The van der Waals surface area contributed by atoms with Gasteiger partial charge in [-0.2, -0.15) is 0 Å². The summed E-state index contributed by atoms with van der Waals surface area (Å²) < 4.78 is 6.28. The van der Waals surface area contributed by atoms with E-state index in [2.05, 4.69) is 27.4 Å². The van der Waals surface area contributed by atoms with E-state index >= 15 is 0 Å². The molecule has 0 aliphatic heterocycles. The molecule has 4 atom stereocenters. The molecule has 0 spiro atoms. The molecule has 5 aliphatic carbocycles. The number of rotatable bonds is 3. The van der Waals surface area contributed by atoms with Gasteiger partial charge in [-0.25, -0.2) is 4.79 Å². The Morgan fingerprint density at radius 1 is 1.22 bits per heavy atom. The van der Waals surface area contributed by atoms with Crippen molar-refractivity contribution >= 4 is 5.97 Å². The van der Waals surface area contributed by atoms with E-state index in [0.717, 1.165) is 12.3 Å². The van der Waals surface area contributed by atoms with Crippen molar-refractivity contribution < 1.29 is 9.53 Å². The number of carbonyl (C=O) groups is 1. The Kier molecular flexibility index (Phi) is 3.35. The summed E-state index contributed by atoms with van der Waals surface area (Å²) in [5.41, 5.74) is 3.49. The molecule has 3 saturated carbocycles. The minimum Gasteiger partial charge on any atom is -0.455 e. The molecule has 4 unspecified atom stereocenters. The van der Waals surface area contributed by atoms with Gasteiger partial charge in [-0.1, -0.05) is 31.6 Å². The molecule has 5 aliphatic rings. The maximum atomic E-state index is 12.2. The maximum Gasteiger partial charge on any atom is 0.330 e. The van der Waals surface area contributed by atoms with Gasteiger partial charge in [-0.05, 0) is 69.1 Å². The monoisotopic (exact) mass is 314 g/mol. The van der Waals surface area contributed by atoms with Crippen LogP contribution in [0, 0.1) is 29.1 Å². The molecule has 0 saturated heterocycles. The highest BCUT2D eigenvalue weighted by Crippen LogP contribution is 2.68. The number of ether oxygens (including phenoxy) is 1. The molecule has 0 aromatic heterocycles. The second-order valence-electron chi connectivity index (χ2n) is 9.27. The van der Waals surface area contributed by atoms with Crippen molar-refractivity contribution in [3.05, 3.63) is 23.8 Å². The minimum absolute atomic E-state index is 0.205. The smallest absolute Gasteiger partial charge is 0.330 e. The summed E-state index contributed by atoms with van der Waals surface area (Å²) in [6, 6.07) is 0. The Labute approximate surface area is 140 Å². The Balaban J connectivity index is 1.70. The van der Waals surface area contributed by atoms with E-state index in [0.29, 0.717) is 23.2 Å². The Morgan fingerprint density at radius 2 is 1.91 bits per heavy atom. The van der Waals surface area contributed by atoms with Crippen LogP contribution in [0.4, 0.5) is 0 Å². The van der Waals surface area contributed by atoms with Crippen LogP contribution in [0.2, 0.25) is 0 Å². The first kappa shape index (κ1) is 15.5. The van der Waals surface area contributed by atoms with E-state index in [9.17, 15) is 4.79 Å². The lowest BCUT2D eigenvalue weighted by Crippen LogP contribution is -2.66. The van der Waals surface area contributed by atoms with Gasteiger partial charge in [0.2, 0.25) is 0 Å². The second-order valence-corrected chi connectivity index (χ2v) is 9.27. The van der Waals surface area contributed by atoms with E-state index in [1.807, 2.05) is 0 Å². The summed E-state index contributed by atoms with van der Waals surface area (Å²) in [6.07, 6.45) is 9.93. The highest BCUT2D eigenvalue weighted by Gasteiger charge is 2.66. The van der Waals surface area contributed by atoms with Crippen LogP contribution in [0.3, 0.4) is 0 Å². The summed E-state index contributed by atoms with van der Waals surface area (Å²) in [7, 11) is 0. The number of allylic oxidation sites excluding steroid dienone is 1. The fourth-order valence-corrected chi connectivity index (χ4v) is 6.42. The molecule has 2 nitrogen and oxygen atoms in total. The standard InChI is InChI=1S/C21H30O2/c1-5-18(22)23-21(15-6-8-20(3,4)9-7-15)16-10-13(2)19-14(11-16)12-17(19)21/h5,14-17H,1,6-12H2,2-4H3. The molecule has 0 amide bonds. The van der Waals surface area contributed by atoms with Gasteiger partial charge >= 0.3 is 5.97 Å². The largest absolute Gasteiger partial charge is 0.455 e. The lowest BCUT2D eigenvalue weighted by molar-refractivity contribution is -0.214. The third kappa shape index (κ3) is 2.09. The molecule has 4 bridgehead atoms. The lowest BCUT2D eigenvalue weighted by atomic mass is 9.41. The summed E-state index contributed by atoms with van der Waals surface area (Å²) >= 11 is 0. The normalized spacial score (nSPS) is 41.4. The van der Waals surface area contributed by atoms with Crippen molar-refractivity contribution in [3.63, 3.8) is 0 Å². The molecule has 2 heteroatoms. The van der Waals surface area contributed by atoms with Crippen molar-refractivity contribution in [3.8, 4) is 0 Å². The van der Waals surface area contributed by atoms with E-state index in [1.54, 1.807) is 11.1 Å². The average Bonchev–Trinajstić information content (AvgIpc) is 2.46. The topological polar surface area (TPSA) is 26.3 Å². The molecule has 126 valence electrons. The van der Waals surface area contributed by atoms with Crippen molar-refractivity contribution in [2.45, 2.75) is 71.3 Å².